The molecule has 0 saturated heterocycles. The third-order valence-electron chi connectivity index (χ3n) is 1.49. The summed E-state index contributed by atoms with van der Waals surface area (Å²) in [5.74, 6) is 0.188. The third-order valence-corrected chi connectivity index (χ3v) is 2.52. The van der Waals surface area contributed by atoms with Crippen molar-refractivity contribution in [1.82, 2.24) is 4.98 Å². The van der Waals surface area contributed by atoms with Crippen molar-refractivity contribution in [2.24, 2.45) is 0 Å². The molecule has 0 aliphatic heterocycles. The Kier molecular flexibility index (Phi) is 7.85. The van der Waals surface area contributed by atoms with Crippen molar-refractivity contribution >= 4 is 9.84 Å². The quantitative estimate of drug-likeness (QED) is 0.781. The summed E-state index contributed by atoms with van der Waals surface area (Å²) in [6.07, 6.45) is 5.84. The number of aromatic nitrogens is 1. The monoisotopic (exact) mass is 231 g/mol. The maximum atomic E-state index is 10.4. The molecule has 0 unspecified atom stereocenters. The van der Waals surface area contributed by atoms with Crippen LogP contribution in [0.1, 0.15) is 12.8 Å². The number of unbranched alkanes of at least 4 members (excludes halogenated alkanes) is 1. The molecule has 0 aliphatic rings. The molecule has 1 rings (SSSR count). The zero-order valence-electron chi connectivity index (χ0n) is 8.83. The van der Waals surface area contributed by atoms with E-state index in [9.17, 15) is 8.42 Å². The molecule has 0 saturated carbocycles. The van der Waals surface area contributed by atoms with E-state index in [1.165, 1.54) is 6.26 Å². The van der Waals surface area contributed by atoms with Gasteiger partial charge in [-0.2, -0.15) is 0 Å². The lowest BCUT2D eigenvalue weighted by atomic mass is 10.4. The lowest BCUT2D eigenvalue weighted by Gasteiger charge is -1.93. The van der Waals surface area contributed by atoms with E-state index >= 15 is 0 Å². The highest BCUT2D eigenvalue weighted by Gasteiger charge is 1.99. The molecular formula is C10H17NO3S. The minimum atomic E-state index is -2.81. The fourth-order valence-corrected chi connectivity index (χ4v) is 1.52. The van der Waals surface area contributed by atoms with E-state index in [4.69, 9.17) is 5.11 Å². The van der Waals surface area contributed by atoms with E-state index in [1.54, 1.807) is 12.4 Å². The molecule has 86 valence electrons. The Labute approximate surface area is 90.9 Å². The molecule has 1 aromatic heterocycles. The molecule has 1 N–H and O–H groups in total. The summed E-state index contributed by atoms with van der Waals surface area (Å²) < 4.78 is 20.8. The minimum absolute atomic E-state index is 0.0789. The van der Waals surface area contributed by atoms with E-state index in [2.05, 4.69) is 4.98 Å². The van der Waals surface area contributed by atoms with Gasteiger partial charge in [0.25, 0.3) is 0 Å². The van der Waals surface area contributed by atoms with Gasteiger partial charge in [0.15, 0.2) is 0 Å². The van der Waals surface area contributed by atoms with Crippen molar-refractivity contribution in [3.8, 4) is 0 Å². The van der Waals surface area contributed by atoms with Crippen molar-refractivity contribution in [3.63, 3.8) is 0 Å². The van der Waals surface area contributed by atoms with Crippen molar-refractivity contribution in [2.45, 2.75) is 12.8 Å². The molecule has 0 radical (unpaired) electrons. The molecule has 0 fully saturated rings. The van der Waals surface area contributed by atoms with Crippen molar-refractivity contribution < 1.29 is 13.5 Å². The number of nitrogens with zero attached hydrogens (tertiary/aromatic N) is 1. The molecular weight excluding hydrogens is 214 g/mol. The van der Waals surface area contributed by atoms with Crippen molar-refractivity contribution in [3.05, 3.63) is 30.6 Å². The molecule has 0 spiro atoms. The van der Waals surface area contributed by atoms with Crippen molar-refractivity contribution in [2.75, 3.05) is 18.6 Å². The van der Waals surface area contributed by atoms with Gasteiger partial charge in [-0.25, -0.2) is 8.42 Å². The summed E-state index contributed by atoms with van der Waals surface area (Å²) in [5.41, 5.74) is 0. The second-order valence-corrected chi connectivity index (χ2v) is 5.34. The number of aliphatic hydroxyl groups excluding tert-OH is 1. The van der Waals surface area contributed by atoms with E-state index < -0.39 is 9.84 Å². The Balaban J connectivity index is 0.000000280. The Morgan fingerprint density at radius 1 is 1.13 bits per heavy atom. The summed E-state index contributed by atoms with van der Waals surface area (Å²) in [7, 11) is -2.81. The van der Waals surface area contributed by atoms with E-state index in [-0.39, 0.29) is 12.4 Å². The van der Waals surface area contributed by atoms with Gasteiger partial charge < -0.3 is 5.11 Å². The lowest BCUT2D eigenvalue weighted by molar-refractivity contribution is 0.287. The summed E-state index contributed by atoms with van der Waals surface area (Å²) in [4.78, 5) is 3.78. The third kappa shape index (κ3) is 13.1. The molecule has 1 aromatic rings. The average Bonchev–Trinajstić information content (AvgIpc) is 2.20. The molecule has 0 amide bonds. The van der Waals surface area contributed by atoms with Crippen LogP contribution in [0.2, 0.25) is 0 Å². The van der Waals surface area contributed by atoms with Crippen LogP contribution in [-0.2, 0) is 9.84 Å². The fourth-order valence-electron chi connectivity index (χ4n) is 0.789. The van der Waals surface area contributed by atoms with Gasteiger partial charge in [0.2, 0.25) is 0 Å². The highest BCUT2D eigenvalue weighted by Crippen LogP contribution is 1.91. The highest BCUT2D eigenvalue weighted by atomic mass is 32.2. The molecule has 0 bridgehead atoms. The smallest absolute Gasteiger partial charge is 0.147 e. The van der Waals surface area contributed by atoms with Crippen LogP contribution < -0.4 is 0 Å². The van der Waals surface area contributed by atoms with E-state index in [0.29, 0.717) is 12.8 Å². The summed E-state index contributed by atoms with van der Waals surface area (Å²) in [5, 5.41) is 8.27. The van der Waals surface area contributed by atoms with Crippen LogP contribution in [0.25, 0.3) is 0 Å². The van der Waals surface area contributed by atoms with Crippen LogP contribution in [-0.4, -0.2) is 37.1 Å². The van der Waals surface area contributed by atoms with Gasteiger partial charge in [0, 0.05) is 31.0 Å². The fraction of sp³-hybridized carbons (Fsp3) is 0.500. The van der Waals surface area contributed by atoms with Gasteiger partial charge >= 0.3 is 0 Å². The molecule has 0 atom stereocenters. The average molecular weight is 231 g/mol. The molecule has 1 heterocycles. The Morgan fingerprint density at radius 2 is 1.73 bits per heavy atom. The topological polar surface area (TPSA) is 67.3 Å². The van der Waals surface area contributed by atoms with E-state index in [1.807, 2.05) is 18.2 Å². The molecule has 15 heavy (non-hydrogen) atoms. The normalized spacial score (nSPS) is 10.3. The number of rotatable bonds is 4. The van der Waals surface area contributed by atoms with Crippen LogP contribution in [0, 0.1) is 0 Å². The highest BCUT2D eigenvalue weighted by molar-refractivity contribution is 7.90. The van der Waals surface area contributed by atoms with Crippen LogP contribution in [0.3, 0.4) is 0 Å². The first-order valence-corrected chi connectivity index (χ1v) is 6.76. The first-order valence-electron chi connectivity index (χ1n) is 4.70. The van der Waals surface area contributed by atoms with Gasteiger partial charge in [-0.05, 0) is 25.0 Å². The zero-order valence-corrected chi connectivity index (χ0v) is 9.65. The molecule has 0 aromatic carbocycles. The Morgan fingerprint density at radius 3 is 2.00 bits per heavy atom. The maximum absolute atomic E-state index is 10.4. The van der Waals surface area contributed by atoms with Crippen LogP contribution in [0.4, 0.5) is 0 Å². The lowest BCUT2D eigenvalue weighted by Crippen LogP contribution is -2.03. The zero-order chi connectivity index (χ0) is 11.6. The summed E-state index contributed by atoms with van der Waals surface area (Å²) in [6.45, 7) is 0.0789. The Hall–Kier alpha value is -0.940. The van der Waals surface area contributed by atoms with Gasteiger partial charge in [-0.15, -0.1) is 0 Å². The molecule has 5 heteroatoms. The summed E-state index contributed by atoms with van der Waals surface area (Å²) >= 11 is 0. The predicted octanol–water partition coefficient (Wildman–Crippen LogP) is 0.885. The van der Waals surface area contributed by atoms with Gasteiger partial charge in [-0.1, -0.05) is 6.07 Å². The SMILES string of the molecule is CS(=O)(=O)CCCCO.c1ccncc1. The minimum Gasteiger partial charge on any atom is -0.396 e. The van der Waals surface area contributed by atoms with Gasteiger partial charge in [-0.3, -0.25) is 4.98 Å². The first-order chi connectivity index (χ1) is 7.06. The summed E-state index contributed by atoms with van der Waals surface area (Å²) in [6, 6.07) is 5.72. The number of hydrogen-bond acceptors (Lipinski definition) is 4. The molecule has 0 aliphatic carbocycles. The number of aliphatic hydroxyl groups is 1. The second-order valence-electron chi connectivity index (χ2n) is 3.09. The van der Waals surface area contributed by atoms with Gasteiger partial charge in [0.05, 0.1) is 0 Å². The number of hydrogen-bond donors (Lipinski definition) is 1. The second kappa shape index (κ2) is 8.38. The van der Waals surface area contributed by atoms with Crippen molar-refractivity contribution in [1.29, 1.82) is 0 Å². The van der Waals surface area contributed by atoms with Gasteiger partial charge in [0.1, 0.15) is 9.84 Å². The largest absolute Gasteiger partial charge is 0.396 e. The van der Waals surface area contributed by atoms with Crippen LogP contribution >= 0.6 is 0 Å². The number of pyridine rings is 1. The van der Waals surface area contributed by atoms with Crippen LogP contribution in [0.15, 0.2) is 30.6 Å². The first kappa shape index (κ1) is 14.1. The van der Waals surface area contributed by atoms with E-state index in [0.717, 1.165) is 0 Å². The van der Waals surface area contributed by atoms with Crippen LogP contribution in [0.5, 0.6) is 0 Å². The molecule has 4 nitrogen and oxygen atoms in total. The maximum Gasteiger partial charge on any atom is 0.147 e. The Bertz CT molecular complexity index is 297. The standard InChI is InChI=1S/C5H5N.C5H12O3S/c1-2-4-6-5-3-1;1-9(7,8)5-3-2-4-6/h1-5H;6H,2-5H2,1H3. The predicted molar refractivity (Wildman–Crippen MR) is 60.3 cm³/mol. The number of sulfone groups is 1.